The van der Waals surface area contributed by atoms with Gasteiger partial charge in [-0.05, 0) is 25.3 Å². The Bertz CT molecular complexity index is 835. The van der Waals surface area contributed by atoms with Crippen LogP contribution < -0.4 is 16.6 Å². The number of nitrogens with one attached hydrogen (secondary N) is 2. The molecule has 1 amide bonds. The van der Waals surface area contributed by atoms with Crippen LogP contribution in [0.2, 0.25) is 0 Å². The van der Waals surface area contributed by atoms with Crippen molar-refractivity contribution in [2.45, 2.75) is 46.7 Å². The summed E-state index contributed by atoms with van der Waals surface area (Å²) in [5.74, 6) is 0.0127. The lowest BCUT2D eigenvalue weighted by Crippen LogP contribution is -2.36. The molecule has 2 heterocycles. The van der Waals surface area contributed by atoms with Gasteiger partial charge in [-0.3, -0.25) is 19.1 Å². The lowest BCUT2D eigenvalue weighted by Gasteiger charge is -2.17. The van der Waals surface area contributed by atoms with E-state index >= 15 is 0 Å². The summed E-state index contributed by atoms with van der Waals surface area (Å²) in [5.41, 5.74) is -0.412. The Balaban J connectivity index is 2.49. The van der Waals surface area contributed by atoms with Gasteiger partial charge in [-0.15, -0.1) is 0 Å². The second-order valence-electron chi connectivity index (χ2n) is 6.01. The molecule has 2 aromatic rings. The van der Waals surface area contributed by atoms with Gasteiger partial charge in [0.05, 0.1) is 10.9 Å². The molecule has 7 heteroatoms. The molecule has 0 saturated carbocycles. The SMILES string of the molecule is CCCn1c(=O)[nH]c(=O)c2cc(C(=O)NC(C)C(C)C)cnc21. The third kappa shape index (κ3) is 3.49. The van der Waals surface area contributed by atoms with Gasteiger partial charge in [0.25, 0.3) is 11.5 Å². The van der Waals surface area contributed by atoms with Crippen LogP contribution in [0.4, 0.5) is 0 Å². The molecule has 0 aliphatic heterocycles. The predicted octanol–water partition coefficient (Wildman–Crippen LogP) is 1.27. The summed E-state index contributed by atoms with van der Waals surface area (Å²) in [6, 6.07) is 1.49. The molecule has 0 bridgehead atoms. The van der Waals surface area contributed by atoms with E-state index in [-0.39, 0.29) is 17.3 Å². The smallest absolute Gasteiger partial charge is 0.329 e. The van der Waals surface area contributed by atoms with Gasteiger partial charge >= 0.3 is 5.69 Å². The van der Waals surface area contributed by atoms with Crippen molar-refractivity contribution < 1.29 is 4.79 Å². The van der Waals surface area contributed by atoms with Crippen molar-refractivity contribution in [3.05, 3.63) is 38.7 Å². The Kier molecular flexibility index (Phi) is 4.98. The average Bonchev–Trinajstić information content (AvgIpc) is 2.50. The number of pyridine rings is 1. The molecular formula is C16H22N4O3. The Morgan fingerprint density at radius 2 is 2.04 bits per heavy atom. The van der Waals surface area contributed by atoms with Gasteiger partial charge in [0, 0.05) is 18.8 Å². The molecule has 2 N–H and O–H groups in total. The zero-order chi connectivity index (χ0) is 17.1. The molecule has 0 saturated heterocycles. The number of hydrogen-bond donors (Lipinski definition) is 2. The summed E-state index contributed by atoms with van der Waals surface area (Å²) in [4.78, 5) is 42.6. The highest BCUT2D eigenvalue weighted by atomic mass is 16.2. The number of aromatic amines is 1. The summed E-state index contributed by atoms with van der Waals surface area (Å²) in [7, 11) is 0. The number of nitrogens with zero attached hydrogens (tertiary/aromatic N) is 2. The van der Waals surface area contributed by atoms with Crippen molar-refractivity contribution in [1.29, 1.82) is 0 Å². The number of aromatic nitrogens is 3. The van der Waals surface area contributed by atoms with Gasteiger partial charge in [0.1, 0.15) is 5.65 Å². The lowest BCUT2D eigenvalue weighted by molar-refractivity contribution is 0.0930. The molecule has 0 fully saturated rings. The number of rotatable bonds is 5. The van der Waals surface area contributed by atoms with E-state index in [4.69, 9.17) is 0 Å². The van der Waals surface area contributed by atoms with Crippen molar-refractivity contribution in [2.75, 3.05) is 0 Å². The number of carbonyl (C=O) groups excluding carboxylic acids is 1. The van der Waals surface area contributed by atoms with Crippen molar-refractivity contribution in [3.63, 3.8) is 0 Å². The predicted molar refractivity (Wildman–Crippen MR) is 88.7 cm³/mol. The fourth-order valence-electron chi connectivity index (χ4n) is 2.18. The quantitative estimate of drug-likeness (QED) is 0.867. The first-order valence-electron chi connectivity index (χ1n) is 7.78. The van der Waals surface area contributed by atoms with Crippen LogP contribution in [0.1, 0.15) is 44.5 Å². The minimum atomic E-state index is -0.531. The Morgan fingerprint density at radius 3 is 2.65 bits per heavy atom. The highest BCUT2D eigenvalue weighted by molar-refractivity contribution is 5.96. The van der Waals surface area contributed by atoms with Crippen LogP contribution in [0.5, 0.6) is 0 Å². The van der Waals surface area contributed by atoms with Crippen molar-refractivity contribution in [3.8, 4) is 0 Å². The zero-order valence-corrected chi connectivity index (χ0v) is 13.8. The van der Waals surface area contributed by atoms with Gasteiger partial charge in [0.2, 0.25) is 0 Å². The van der Waals surface area contributed by atoms with Crippen molar-refractivity contribution >= 4 is 16.9 Å². The van der Waals surface area contributed by atoms with Gasteiger partial charge in [-0.2, -0.15) is 0 Å². The Hall–Kier alpha value is -2.44. The van der Waals surface area contributed by atoms with Crippen LogP contribution >= 0.6 is 0 Å². The van der Waals surface area contributed by atoms with E-state index in [0.717, 1.165) is 6.42 Å². The summed E-state index contributed by atoms with van der Waals surface area (Å²) in [6.45, 7) is 8.33. The van der Waals surface area contributed by atoms with Gasteiger partial charge in [-0.1, -0.05) is 20.8 Å². The number of hydrogen-bond acceptors (Lipinski definition) is 4. The van der Waals surface area contributed by atoms with E-state index < -0.39 is 11.2 Å². The standard InChI is InChI=1S/C16H22N4O3/c1-5-6-20-13-12(15(22)19-16(20)23)7-11(8-17-13)14(21)18-10(4)9(2)3/h7-10H,5-6H2,1-4H3,(H,18,21)(H,19,22,23). The number of H-pyrrole nitrogens is 1. The minimum absolute atomic E-state index is 0.00512. The molecule has 0 spiro atoms. The Morgan fingerprint density at radius 1 is 1.35 bits per heavy atom. The monoisotopic (exact) mass is 318 g/mol. The summed E-state index contributed by atoms with van der Waals surface area (Å²) >= 11 is 0. The minimum Gasteiger partial charge on any atom is -0.349 e. The summed E-state index contributed by atoms with van der Waals surface area (Å²) in [6.07, 6.45) is 2.13. The first kappa shape index (κ1) is 16.9. The van der Waals surface area contributed by atoms with Crippen LogP contribution in [-0.4, -0.2) is 26.5 Å². The third-order valence-corrected chi connectivity index (χ3v) is 3.90. The lowest BCUT2D eigenvalue weighted by atomic mass is 10.1. The summed E-state index contributed by atoms with van der Waals surface area (Å²) < 4.78 is 1.41. The molecule has 0 aliphatic carbocycles. The molecule has 0 radical (unpaired) electrons. The molecule has 1 atom stereocenters. The first-order chi connectivity index (χ1) is 10.8. The fourth-order valence-corrected chi connectivity index (χ4v) is 2.18. The normalized spacial score (nSPS) is 12.6. The van der Waals surface area contributed by atoms with Gasteiger partial charge in [-0.25, -0.2) is 9.78 Å². The van der Waals surface area contributed by atoms with Crippen LogP contribution in [0.3, 0.4) is 0 Å². The highest BCUT2D eigenvalue weighted by Gasteiger charge is 2.15. The highest BCUT2D eigenvalue weighted by Crippen LogP contribution is 2.09. The molecule has 0 aliphatic rings. The van der Waals surface area contributed by atoms with E-state index in [1.165, 1.54) is 16.8 Å². The molecular weight excluding hydrogens is 296 g/mol. The number of amides is 1. The van der Waals surface area contributed by atoms with E-state index in [9.17, 15) is 14.4 Å². The zero-order valence-electron chi connectivity index (χ0n) is 13.8. The van der Waals surface area contributed by atoms with Crippen molar-refractivity contribution in [1.82, 2.24) is 19.9 Å². The van der Waals surface area contributed by atoms with Crippen LogP contribution in [0.15, 0.2) is 21.9 Å². The molecule has 2 rings (SSSR count). The topological polar surface area (TPSA) is 96.9 Å². The van der Waals surface area contributed by atoms with E-state index in [2.05, 4.69) is 15.3 Å². The maximum Gasteiger partial charge on any atom is 0.329 e. The molecule has 2 aromatic heterocycles. The molecule has 124 valence electrons. The molecule has 7 nitrogen and oxygen atoms in total. The van der Waals surface area contributed by atoms with Crippen LogP contribution in [0.25, 0.3) is 11.0 Å². The Labute approximate surface area is 133 Å². The largest absolute Gasteiger partial charge is 0.349 e. The maximum atomic E-state index is 12.3. The molecule has 1 unspecified atom stereocenters. The number of carbonyl (C=O) groups is 1. The summed E-state index contributed by atoms with van der Waals surface area (Å²) in [5, 5.41) is 3.11. The second-order valence-corrected chi connectivity index (χ2v) is 6.01. The molecule has 23 heavy (non-hydrogen) atoms. The molecule has 0 aromatic carbocycles. The van der Waals surface area contributed by atoms with Crippen LogP contribution in [-0.2, 0) is 6.54 Å². The van der Waals surface area contributed by atoms with E-state index in [0.29, 0.717) is 23.7 Å². The number of aryl methyl sites for hydroxylation is 1. The van der Waals surface area contributed by atoms with Crippen LogP contribution in [0, 0.1) is 5.92 Å². The van der Waals surface area contributed by atoms with E-state index in [1.807, 2.05) is 27.7 Å². The van der Waals surface area contributed by atoms with E-state index in [1.54, 1.807) is 0 Å². The fraction of sp³-hybridized carbons (Fsp3) is 0.500. The van der Waals surface area contributed by atoms with Gasteiger partial charge in [0.15, 0.2) is 0 Å². The van der Waals surface area contributed by atoms with Gasteiger partial charge < -0.3 is 5.32 Å². The third-order valence-electron chi connectivity index (χ3n) is 3.90. The maximum absolute atomic E-state index is 12.3. The average molecular weight is 318 g/mol. The number of fused-ring (bicyclic) bond motifs is 1. The van der Waals surface area contributed by atoms with Crippen molar-refractivity contribution in [2.24, 2.45) is 5.92 Å². The second kappa shape index (κ2) is 6.76. The first-order valence-corrected chi connectivity index (χ1v) is 7.78.